The maximum Gasteiger partial charge on any atom is 0.307 e. The summed E-state index contributed by atoms with van der Waals surface area (Å²) in [5.74, 6) is -0.296. The zero-order chi connectivity index (χ0) is 27.4. The zero-order valence-corrected chi connectivity index (χ0v) is 24.3. The predicted octanol–water partition coefficient (Wildman–Crippen LogP) is 6.06. The van der Waals surface area contributed by atoms with Crippen molar-refractivity contribution >= 4 is 39.7 Å². The van der Waals surface area contributed by atoms with Crippen molar-refractivity contribution in [3.8, 4) is 16.2 Å². The molecule has 0 bridgehead atoms. The van der Waals surface area contributed by atoms with Crippen molar-refractivity contribution in [2.24, 2.45) is 0 Å². The normalized spacial score (nSPS) is 17.4. The van der Waals surface area contributed by atoms with Crippen LogP contribution >= 0.6 is 22.9 Å². The average molecular weight is 569 g/mol. The Morgan fingerprint density at radius 2 is 1.90 bits per heavy atom. The lowest BCUT2D eigenvalue weighted by molar-refractivity contribution is -0.136. The van der Waals surface area contributed by atoms with E-state index in [0.717, 1.165) is 50.6 Å². The SMILES string of the molecule is CN(C)c1cccc(-c2cnc(N3CCC(CCOc4cc(CC(=O)O)ccc4Cl)(N4CCCC4)CC3)s2)c1. The highest BCUT2D eigenvalue weighted by Gasteiger charge is 2.41. The van der Waals surface area contributed by atoms with Gasteiger partial charge in [0.25, 0.3) is 0 Å². The van der Waals surface area contributed by atoms with Gasteiger partial charge < -0.3 is 19.6 Å². The third kappa shape index (κ3) is 6.51. The molecule has 0 saturated carbocycles. The van der Waals surface area contributed by atoms with Gasteiger partial charge in [-0.3, -0.25) is 9.69 Å². The lowest BCUT2D eigenvalue weighted by Crippen LogP contribution is -2.55. The number of aliphatic carboxylic acids is 1. The van der Waals surface area contributed by atoms with Gasteiger partial charge in [-0.2, -0.15) is 0 Å². The standard InChI is InChI=1S/C30H37ClN4O3S/c1-33(2)24-7-5-6-23(20-24)27-21-32-29(39-27)34-15-10-30(11-16-34,35-13-3-4-14-35)12-17-38-26-18-22(19-28(36)37)8-9-25(26)31/h5-9,18,20-21H,3-4,10-17,19H2,1-2H3,(H,36,37). The first-order chi connectivity index (χ1) is 18.8. The summed E-state index contributed by atoms with van der Waals surface area (Å²) in [5.41, 5.74) is 3.18. The van der Waals surface area contributed by atoms with E-state index in [1.54, 1.807) is 29.5 Å². The number of piperidine rings is 1. The molecule has 0 unspecified atom stereocenters. The van der Waals surface area contributed by atoms with Crippen LogP contribution in [-0.4, -0.2) is 73.4 Å². The highest BCUT2D eigenvalue weighted by molar-refractivity contribution is 7.18. The quantitative estimate of drug-likeness (QED) is 0.319. The molecule has 2 saturated heterocycles. The zero-order valence-electron chi connectivity index (χ0n) is 22.7. The van der Waals surface area contributed by atoms with Gasteiger partial charge in [0, 0.05) is 44.6 Å². The molecule has 0 atom stereocenters. The molecule has 2 aromatic carbocycles. The Balaban J connectivity index is 1.24. The Kier molecular flexibility index (Phi) is 8.64. The number of benzene rings is 2. The van der Waals surface area contributed by atoms with Crippen molar-refractivity contribution in [3.05, 3.63) is 59.2 Å². The molecule has 5 rings (SSSR count). The molecule has 0 amide bonds. The molecule has 208 valence electrons. The first kappa shape index (κ1) is 27.7. The summed E-state index contributed by atoms with van der Waals surface area (Å²) in [6.45, 7) is 4.76. The van der Waals surface area contributed by atoms with Crippen LogP contribution in [-0.2, 0) is 11.2 Å². The number of thiazole rings is 1. The molecular weight excluding hydrogens is 532 g/mol. The van der Waals surface area contributed by atoms with Crippen molar-refractivity contribution in [1.29, 1.82) is 0 Å². The van der Waals surface area contributed by atoms with Gasteiger partial charge in [-0.25, -0.2) is 4.98 Å². The number of halogens is 1. The Morgan fingerprint density at radius 3 is 2.62 bits per heavy atom. The number of hydrogen-bond acceptors (Lipinski definition) is 7. The summed E-state index contributed by atoms with van der Waals surface area (Å²) in [7, 11) is 4.13. The van der Waals surface area contributed by atoms with Crippen LogP contribution in [0.4, 0.5) is 10.8 Å². The Bertz CT molecular complexity index is 1280. The van der Waals surface area contributed by atoms with Crippen LogP contribution in [0.3, 0.4) is 0 Å². The van der Waals surface area contributed by atoms with Gasteiger partial charge in [0.1, 0.15) is 5.75 Å². The fraction of sp³-hybridized carbons (Fsp3) is 0.467. The molecule has 3 aromatic rings. The molecule has 9 heteroatoms. The lowest BCUT2D eigenvalue weighted by atomic mass is 9.83. The van der Waals surface area contributed by atoms with E-state index in [1.165, 1.54) is 29.0 Å². The van der Waals surface area contributed by atoms with Gasteiger partial charge in [-0.05, 0) is 80.6 Å². The van der Waals surface area contributed by atoms with Gasteiger partial charge in [-0.15, -0.1) is 0 Å². The number of likely N-dealkylation sites (tertiary alicyclic amines) is 1. The van der Waals surface area contributed by atoms with Crippen LogP contribution < -0.4 is 14.5 Å². The Hall–Kier alpha value is -2.81. The molecule has 0 spiro atoms. The number of carboxylic acids is 1. The number of carboxylic acid groups (broad SMARTS) is 1. The van der Waals surface area contributed by atoms with Crippen LogP contribution in [0.2, 0.25) is 5.02 Å². The van der Waals surface area contributed by atoms with Crippen LogP contribution in [0, 0.1) is 0 Å². The molecule has 7 nitrogen and oxygen atoms in total. The molecule has 2 aliphatic heterocycles. The Morgan fingerprint density at radius 1 is 1.13 bits per heavy atom. The molecule has 0 aliphatic carbocycles. The number of aromatic nitrogens is 1. The molecule has 0 radical (unpaired) electrons. The first-order valence-electron chi connectivity index (χ1n) is 13.7. The van der Waals surface area contributed by atoms with Crippen molar-refractivity contribution in [3.63, 3.8) is 0 Å². The van der Waals surface area contributed by atoms with E-state index in [9.17, 15) is 4.79 Å². The van der Waals surface area contributed by atoms with Crippen molar-refractivity contribution < 1.29 is 14.6 Å². The van der Waals surface area contributed by atoms with E-state index in [2.05, 4.69) is 53.1 Å². The number of carbonyl (C=O) groups is 1. The second-order valence-corrected chi connectivity index (χ2v) is 12.2. The fourth-order valence-electron chi connectivity index (χ4n) is 5.81. The van der Waals surface area contributed by atoms with Gasteiger partial charge in [-0.1, -0.05) is 41.1 Å². The summed E-state index contributed by atoms with van der Waals surface area (Å²) in [6.07, 6.45) is 7.51. The van der Waals surface area contributed by atoms with E-state index in [0.29, 0.717) is 22.9 Å². The summed E-state index contributed by atoms with van der Waals surface area (Å²) < 4.78 is 6.16. The first-order valence-corrected chi connectivity index (χ1v) is 14.9. The summed E-state index contributed by atoms with van der Waals surface area (Å²) in [6, 6.07) is 13.8. The number of hydrogen-bond donors (Lipinski definition) is 1. The Labute approximate surface area is 240 Å². The monoisotopic (exact) mass is 568 g/mol. The van der Waals surface area contributed by atoms with Gasteiger partial charge in [0.05, 0.1) is 22.9 Å². The van der Waals surface area contributed by atoms with Gasteiger partial charge in [0.2, 0.25) is 0 Å². The second kappa shape index (κ2) is 12.1. The van der Waals surface area contributed by atoms with Gasteiger partial charge >= 0.3 is 5.97 Å². The summed E-state index contributed by atoms with van der Waals surface area (Å²) >= 11 is 8.14. The largest absolute Gasteiger partial charge is 0.492 e. The maximum atomic E-state index is 11.1. The van der Waals surface area contributed by atoms with Crippen molar-refractivity contribution in [2.75, 3.05) is 56.7 Å². The maximum absolute atomic E-state index is 11.1. The van der Waals surface area contributed by atoms with Gasteiger partial charge in [0.15, 0.2) is 5.13 Å². The number of ether oxygens (including phenoxy) is 1. The van der Waals surface area contributed by atoms with E-state index in [-0.39, 0.29) is 12.0 Å². The van der Waals surface area contributed by atoms with E-state index in [4.69, 9.17) is 26.4 Å². The average Bonchev–Trinajstić information content (AvgIpc) is 3.64. The predicted molar refractivity (Wildman–Crippen MR) is 160 cm³/mol. The molecule has 1 aromatic heterocycles. The third-order valence-electron chi connectivity index (χ3n) is 8.06. The molecule has 39 heavy (non-hydrogen) atoms. The second-order valence-electron chi connectivity index (χ2n) is 10.8. The van der Waals surface area contributed by atoms with Crippen LogP contribution in [0.25, 0.3) is 10.4 Å². The van der Waals surface area contributed by atoms with Crippen molar-refractivity contribution in [2.45, 2.75) is 44.1 Å². The highest BCUT2D eigenvalue weighted by atomic mass is 35.5. The highest BCUT2D eigenvalue weighted by Crippen LogP contribution is 2.39. The van der Waals surface area contributed by atoms with Crippen molar-refractivity contribution in [1.82, 2.24) is 9.88 Å². The van der Waals surface area contributed by atoms with Crippen LogP contribution in [0.5, 0.6) is 5.75 Å². The summed E-state index contributed by atoms with van der Waals surface area (Å²) in [5, 5.41) is 10.7. The molecule has 2 aliphatic rings. The summed E-state index contributed by atoms with van der Waals surface area (Å²) in [4.78, 5) is 24.4. The topological polar surface area (TPSA) is 69.1 Å². The minimum atomic E-state index is -0.863. The number of nitrogens with zero attached hydrogens (tertiary/aromatic N) is 4. The molecule has 3 heterocycles. The van der Waals surface area contributed by atoms with E-state index in [1.807, 2.05) is 6.20 Å². The molecular formula is C30H37ClN4O3S. The third-order valence-corrected chi connectivity index (χ3v) is 9.48. The fourth-order valence-corrected chi connectivity index (χ4v) is 6.94. The minimum absolute atomic E-state index is 0.0410. The minimum Gasteiger partial charge on any atom is -0.492 e. The van der Waals surface area contributed by atoms with E-state index < -0.39 is 5.97 Å². The van der Waals surface area contributed by atoms with Crippen LogP contribution in [0.15, 0.2) is 48.7 Å². The number of anilines is 2. The smallest absolute Gasteiger partial charge is 0.307 e. The molecule has 1 N–H and O–H groups in total. The van der Waals surface area contributed by atoms with Crippen LogP contribution in [0.1, 0.15) is 37.7 Å². The molecule has 2 fully saturated rings. The lowest BCUT2D eigenvalue weighted by Gasteiger charge is -2.47. The van der Waals surface area contributed by atoms with E-state index >= 15 is 0 Å². The number of rotatable bonds is 10.